The third-order valence-corrected chi connectivity index (χ3v) is 5.36. The lowest BCUT2D eigenvalue weighted by Gasteiger charge is -2.23. The Bertz CT molecular complexity index is 633. The van der Waals surface area contributed by atoms with Gasteiger partial charge in [0.2, 0.25) is 0 Å². The number of rotatable bonds is 2. The first kappa shape index (κ1) is 14.6. The molecule has 2 heterocycles. The molecule has 1 amide bonds. The maximum Gasteiger partial charge on any atom is 0.271 e. The van der Waals surface area contributed by atoms with Crippen molar-refractivity contribution in [2.24, 2.45) is 0 Å². The molecule has 0 radical (unpaired) electrons. The summed E-state index contributed by atoms with van der Waals surface area (Å²) in [7, 11) is -3.09. The minimum absolute atomic E-state index is 0.000287. The van der Waals surface area contributed by atoms with Crippen LogP contribution in [0.15, 0.2) is 12.1 Å². The number of hydrogen-bond acceptors (Lipinski definition) is 4. The molecule has 1 aromatic heterocycles. The van der Waals surface area contributed by atoms with Gasteiger partial charge in [-0.25, -0.2) is 13.4 Å². The van der Waals surface area contributed by atoms with Crippen molar-refractivity contribution in [3.05, 3.63) is 28.0 Å². The number of carbonyl (C=O) groups is 1. The molecule has 0 aliphatic carbocycles. The number of hydrogen-bond donors (Lipinski definition) is 1. The van der Waals surface area contributed by atoms with Gasteiger partial charge in [0.1, 0.15) is 10.8 Å². The second kappa shape index (κ2) is 4.92. The van der Waals surface area contributed by atoms with E-state index in [1.165, 1.54) is 12.1 Å². The molecular formula is C11H12Cl2N2O3S. The Morgan fingerprint density at radius 2 is 2.11 bits per heavy atom. The zero-order valence-electron chi connectivity index (χ0n) is 10.1. The van der Waals surface area contributed by atoms with E-state index in [1.54, 1.807) is 6.92 Å². The predicted octanol–water partition coefficient (Wildman–Crippen LogP) is 1.70. The van der Waals surface area contributed by atoms with Crippen LogP contribution in [0.25, 0.3) is 0 Å². The van der Waals surface area contributed by atoms with Gasteiger partial charge in [0.25, 0.3) is 5.91 Å². The standard InChI is InChI=1S/C11H12Cl2N2O3S/c1-11(4-5-19(17,18)6-11)15-10(16)9-7(12)2-3-8(13)14-9/h2-3H,4-6H2,1H3,(H,15,16)/t11-/m0/s1. The van der Waals surface area contributed by atoms with E-state index in [0.29, 0.717) is 6.42 Å². The number of nitrogens with one attached hydrogen (secondary N) is 1. The van der Waals surface area contributed by atoms with Gasteiger partial charge < -0.3 is 5.32 Å². The molecule has 1 fully saturated rings. The fraction of sp³-hybridized carbons (Fsp3) is 0.455. The molecule has 0 aromatic carbocycles. The van der Waals surface area contributed by atoms with Crippen LogP contribution in [0.5, 0.6) is 0 Å². The summed E-state index contributed by atoms with van der Waals surface area (Å²) in [5, 5.41) is 3.00. The summed E-state index contributed by atoms with van der Waals surface area (Å²) in [6.07, 6.45) is 0.374. The molecule has 1 aliphatic rings. The van der Waals surface area contributed by atoms with Gasteiger partial charge in [-0.1, -0.05) is 23.2 Å². The highest BCUT2D eigenvalue weighted by Gasteiger charge is 2.40. The lowest BCUT2D eigenvalue weighted by molar-refractivity contribution is 0.0910. The molecule has 8 heteroatoms. The largest absolute Gasteiger partial charge is 0.344 e. The Morgan fingerprint density at radius 3 is 2.68 bits per heavy atom. The number of amides is 1. The normalized spacial score (nSPS) is 25.2. The molecule has 0 spiro atoms. The predicted molar refractivity (Wildman–Crippen MR) is 73.4 cm³/mol. The van der Waals surface area contributed by atoms with Crippen molar-refractivity contribution in [1.29, 1.82) is 0 Å². The van der Waals surface area contributed by atoms with Gasteiger partial charge in [0.05, 0.1) is 22.1 Å². The molecule has 1 atom stereocenters. The smallest absolute Gasteiger partial charge is 0.271 e. The number of nitrogens with zero attached hydrogens (tertiary/aromatic N) is 1. The van der Waals surface area contributed by atoms with E-state index in [2.05, 4.69) is 10.3 Å². The maximum absolute atomic E-state index is 12.1. The third-order valence-electron chi connectivity index (χ3n) is 2.95. The number of pyridine rings is 1. The highest BCUT2D eigenvalue weighted by atomic mass is 35.5. The van der Waals surface area contributed by atoms with E-state index in [-0.39, 0.29) is 27.4 Å². The summed E-state index contributed by atoms with van der Waals surface area (Å²) in [4.78, 5) is 15.9. The van der Waals surface area contributed by atoms with Gasteiger partial charge in [0, 0.05) is 0 Å². The van der Waals surface area contributed by atoms with Gasteiger partial charge in [-0.2, -0.15) is 0 Å². The fourth-order valence-corrected chi connectivity index (χ4v) is 4.45. The number of carbonyl (C=O) groups excluding carboxylic acids is 1. The van der Waals surface area contributed by atoms with Crippen molar-refractivity contribution in [3.8, 4) is 0 Å². The van der Waals surface area contributed by atoms with Gasteiger partial charge in [-0.05, 0) is 25.5 Å². The summed E-state index contributed by atoms with van der Waals surface area (Å²) in [5.74, 6) is -0.531. The average molecular weight is 323 g/mol. The first-order chi connectivity index (χ1) is 8.71. The lowest BCUT2D eigenvalue weighted by atomic mass is 10.0. The Hall–Kier alpha value is -0.850. The van der Waals surface area contributed by atoms with Crippen LogP contribution in [-0.2, 0) is 9.84 Å². The van der Waals surface area contributed by atoms with Crippen molar-refractivity contribution < 1.29 is 13.2 Å². The number of aromatic nitrogens is 1. The van der Waals surface area contributed by atoms with Crippen LogP contribution >= 0.6 is 23.2 Å². The van der Waals surface area contributed by atoms with E-state index in [0.717, 1.165) is 0 Å². The highest BCUT2D eigenvalue weighted by molar-refractivity contribution is 7.91. The quantitative estimate of drug-likeness (QED) is 0.841. The minimum Gasteiger partial charge on any atom is -0.344 e. The molecule has 1 aromatic rings. The first-order valence-corrected chi connectivity index (χ1v) is 8.14. The molecule has 1 aliphatic heterocycles. The van der Waals surface area contributed by atoms with Crippen LogP contribution in [0.1, 0.15) is 23.8 Å². The topological polar surface area (TPSA) is 76.1 Å². The van der Waals surface area contributed by atoms with Crippen LogP contribution in [0.2, 0.25) is 10.2 Å². The molecule has 19 heavy (non-hydrogen) atoms. The van der Waals surface area contributed by atoms with Gasteiger partial charge in [-0.3, -0.25) is 4.79 Å². The number of sulfone groups is 1. The van der Waals surface area contributed by atoms with E-state index < -0.39 is 21.3 Å². The van der Waals surface area contributed by atoms with E-state index >= 15 is 0 Å². The van der Waals surface area contributed by atoms with E-state index in [4.69, 9.17) is 23.2 Å². The Morgan fingerprint density at radius 1 is 1.42 bits per heavy atom. The van der Waals surface area contributed by atoms with Crippen LogP contribution < -0.4 is 5.32 Å². The third kappa shape index (κ3) is 3.38. The molecule has 0 unspecified atom stereocenters. The monoisotopic (exact) mass is 322 g/mol. The first-order valence-electron chi connectivity index (χ1n) is 5.56. The van der Waals surface area contributed by atoms with Crippen molar-refractivity contribution >= 4 is 38.9 Å². The Balaban J connectivity index is 2.20. The zero-order valence-corrected chi connectivity index (χ0v) is 12.4. The number of halogens is 2. The second-order valence-electron chi connectivity index (χ2n) is 4.82. The van der Waals surface area contributed by atoms with Crippen LogP contribution in [0.3, 0.4) is 0 Å². The molecule has 2 rings (SSSR count). The Labute approximate surface area is 121 Å². The minimum atomic E-state index is -3.09. The van der Waals surface area contributed by atoms with Crippen LogP contribution in [0, 0.1) is 0 Å². The van der Waals surface area contributed by atoms with Crippen molar-refractivity contribution in [2.45, 2.75) is 18.9 Å². The highest BCUT2D eigenvalue weighted by Crippen LogP contribution is 2.24. The SMILES string of the molecule is C[C@]1(NC(=O)c2nc(Cl)ccc2Cl)CCS(=O)(=O)C1. The maximum atomic E-state index is 12.1. The van der Waals surface area contributed by atoms with Gasteiger partial charge >= 0.3 is 0 Å². The molecule has 0 saturated carbocycles. The molecule has 104 valence electrons. The molecule has 1 saturated heterocycles. The summed E-state index contributed by atoms with van der Waals surface area (Å²) in [6.45, 7) is 1.69. The fourth-order valence-electron chi connectivity index (χ4n) is 2.02. The summed E-state index contributed by atoms with van der Waals surface area (Å²) in [5.41, 5.74) is -0.789. The van der Waals surface area contributed by atoms with Crippen molar-refractivity contribution in [3.63, 3.8) is 0 Å². The van der Waals surface area contributed by atoms with Crippen LogP contribution in [-0.4, -0.2) is 36.4 Å². The zero-order chi connectivity index (χ0) is 14.3. The van der Waals surface area contributed by atoms with Crippen molar-refractivity contribution in [1.82, 2.24) is 10.3 Å². The summed E-state index contributed by atoms with van der Waals surface area (Å²) >= 11 is 11.6. The molecule has 0 bridgehead atoms. The van der Waals surface area contributed by atoms with Crippen molar-refractivity contribution in [2.75, 3.05) is 11.5 Å². The molecule has 5 nitrogen and oxygen atoms in total. The van der Waals surface area contributed by atoms with Gasteiger partial charge in [-0.15, -0.1) is 0 Å². The summed E-state index contributed by atoms with van der Waals surface area (Å²) < 4.78 is 22.9. The Kier molecular flexibility index (Phi) is 3.77. The molecule has 1 N–H and O–H groups in total. The summed E-state index contributed by atoms with van der Waals surface area (Å²) in [6, 6.07) is 2.95. The molecular weight excluding hydrogens is 311 g/mol. The van der Waals surface area contributed by atoms with Gasteiger partial charge in [0.15, 0.2) is 9.84 Å². The van der Waals surface area contributed by atoms with Crippen LogP contribution in [0.4, 0.5) is 0 Å². The average Bonchev–Trinajstić information content (AvgIpc) is 2.56. The van der Waals surface area contributed by atoms with E-state index in [9.17, 15) is 13.2 Å². The lowest BCUT2D eigenvalue weighted by Crippen LogP contribution is -2.47. The van der Waals surface area contributed by atoms with E-state index in [1.807, 2.05) is 0 Å². The second-order valence-corrected chi connectivity index (χ2v) is 7.80.